The molecule has 0 saturated heterocycles. The largest absolute Gasteiger partial charge is 0.416 e. The van der Waals surface area contributed by atoms with Crippen LogP contribution in [0.15, 0.2) is 84.1 Å². The molecule has 13 heteroatoms. The standard InChI is InChI=1S/C28H19F6N5O2/c29-27(30,31)19-10-6-17(7-11-19)14-38-15-22-23(25(40)37-38)24(18-8-4-16(13-35)5-9-18)36-26(41)39(22)21-3-1-2-20(12-21)28(32,33)34/h1-12,24H,14-15H2,(H,36,41)(H,37,40)/t24-/m1/s1. The summed E-state index contributed by atoms with van der Waals surface area (Å²) in [5.41, 5.74) is 2.05. The van der Waals surface area contributed by atoms with Gasteiger partial charge in [0.2, 0.25) is 0 Å². The van der Waals surface area contributed by atoms with Crippen molar-refractivity contribution in [2.45, 2.75) is 24.9 Å². The first-order valence-electron chi connectivity index (χ1n) is 12.1. The molecule has 0 saturated carbocycles. The molecule has 0 aliphatic carbocycles. The molecule has 0 aromatic heterocycles. The third-order valence-electron chi connectivity index (χ3n) is 6.64. The molecule has 3 aromatic rings. The van der Waals surface area contributed by atoms with E-state index in [4.69, 9.17) is 5.26 Å². The molecule has 0 unspecified atom stereocenters. The van der Waals surface area contributed by atoms with Gasteiger partial charge < -0.3 is 5.32 Å². The minimum atomic E-state index is -4.69. The number of hydrogen-bond acceptors (Lipinski definition) is 4. The third-order valence-corrected chi connectivity index (χ3v) is 6.64. The lowest BCUT2D eigenvalue weighted by Crippen LogP contribution is -2.58. The summed E-state index contributed by atoms with van der Waals surface area (Å²) in [6.45, 7) is -0.210. The fourth-order valence-electron chi connectivity index (χ4n) is 4.72. The third kappa shape index (κ3) is 5.59. The lowest BCUT2D eigenvalue weighted by atomic mass is 9.92. The molecule has 3 amide bonds. The van der Waals surface area contributed by atoms with Gasteiger partial charge >= 0.3 is 18.4 Å². The van der Waals surface area contributed by atoms with E-state index in [-0.39, 0.29) is 30.0 Å². The molecule has 2 aliphatic rings. The highest BCUT2D eigenvalue weighted by molar-refractivity contribution is 6.05. The maximum atomic E-state index is 13.5. The Morgan fingerprint density at radius 2 is 1.54 bits per heavy atom. The van der Waals surface area contributed by atoms with Crippen molar-refractivity contribution < 1.29 is 35.9 Å². The number of benzene rings is 3. The Morgan fingerprint density at radius 3 is 2.15 bits per heavy atom. The van der Waals surface area contributed by atoms with E-state index < -0.39 is 41.5 Å². The van der Waals surface area contributed by atoms with Crippen molar-refractivity contribution in [2.24, 2.45) is 0 Å². The van der Waals surface area contributed by atoms with Crippen LogP contribution < -0.4 is 15.6 Å². The lowest BCUT2D eigenvalue weighted by molar-refractivity contribution is -0.138. The molecule has 0 radical (unpaired) electrons. The van der Waals surface area contributed by atoms with Crippen molar-refractivity contribution in [3.05, 3.63) is 112 Å². The predicted molar refractivity (Wildman–Crippen MR) is 133 cm³/mol. The molecule has 0 bridgehead atoms. The number of nitriles is 1. The van der Waals surface area contributed by atoms with Gasteiger partial charge in [0, 0.05) is 6.54 Å². The van der Waals surface area contributed by atoms with Crippen LogP contribution in [0.25, 0.3) is 0 Å². The van der Waals surface area contributed by atoms with E-state index in [9.17, 15) is 35.9 Å². The molecule has 0 spiro atoms. The van der Waals surface area contributed by atoms with E-state index in [1.807, 2.05) is 6.07 Å². The van der Waals surface area contributed by atoms with Crippen molar-refractivity contribution >= 4 is 17.6 Å². The van der Waals surface area contributed by atoms with Gasteiger partial charge in [0.25, 0.3) is 5.91 Å². The number of carbonyl (C=O) groups is 2. The smallest absolute Gasteiger partial charge is 0.326 e. The van der Waals surface area contributed by atoms with Crippen molar-refractivity contribution in [1.82, 2.24) is 15.8 Å². The minimum Gasteiger partial charge on any atom is -0.326 e. The highest BCUT2D eigenvalue weighted by Gasteiger charge is 2.42. The number of hydrogen-bond donors (Lipinski definition) is 2. The Kier molecular flexibility index (Phi) is 6.96. The summed E-state index contributed by atoms with van der Waals surface area (Å²) in [4.78, 5) is 27.9. The van der Waals surface area contributed by atoms with E-state index in [1.54, 1.807) is 12.1 Å². The van der Waals surface area contributed by atoms with E-state index in [0.29, 0.717) is 16.7 Å². The predicted octanol–water partition coefficient (Wildman–Crippen LogP) is 5.67. The van der Waals surface area contributed by atoms with Gasteiger partial charge in [0.05, 0.1) is 52.3 Å². The molecule has 2 heterocycles. The second kappa shape index (κ2) is 10.3. The Labute approximate surface area is 229 Å². The molecule has 210 valence electrons. The van der Waals surface area contributed by atoms with Gasteiger partial charge in [0.1, 0.15) is 0 Å². The normalized spacial score (nSPS) is 18.0. The molecule has 3 aromatic carbocycles. The zero-order valence-electron chi connectivity index (χ0n) is 20.8. The molecule has 0 fully saturated rings. The van der Waals surface area contributed by atoms with Gasteiger partial charge in [-0.3, -0.25) is 15.1 Å². The number of anilines is 1. The van der Waals surface area contributed by atoms with Crippen molar-refractivity contribution in [3.8, 4) is 6.07 Å². The van der Waals surface area contributed by atoms with E-state index in [2.05, 4.69) is 10.7 Å². The van der Waals surface area contributed by atoms with Crippen LogP contribution in [0.2, 0.25) is 0 Å². The Morgan fingerprint density at radius 1 is 0.878 bits per heavy atom. The van der Waals surface area contributed by atoms with Crippen molar-refractivity contribution in [1.29, 1.82) is 5.26 Å². The summed E-state index contributed by atoms with van der Waals surface area (Å²) >= 11 is 0. The maximum Gasteiger partial charge on any atom is 0.416 e. The molecule has 5 rings (SSSR count). The van der Waals surface area contributed by atoms with Gasteiger partial charge in [-0.25, -0.2) is 9.80 Å². The van der Waals surface area contributed by atoms with E-state index >= 15 is 0 Å². The molecule has 2 N–H and O–H groups in total. The Bertz CT molecular complexity index is 1570. The summed E-state index contributed by atoms with van der Waals surface area (Å²) in [6, 6.07) is 14.7. The average molecular weight is 571 g/mol. The Balaban J connectivity index is 1.56. The van der Waals surface area contributed by atoms with Gasteiger partial charge in [-0.1, -0.05) is 30.3 Å². The summed E-state index contributed by atoms with van der Waals surface area (Å²) in [5, 5.41) is 13.1. The molecule has 1 atom stereocenters. The van der Waals surface area contributed by atoms with Crippen LogP contribution in [0.1, 0.15) is 33.9 Å². The number of hydrazine groups is 1. The van der Waals surface area contributed by atoms with Gasteiger partial charge in [-0.05, 0) is 53.6 Å². The van der Waals surface area contributed by atoms with Crippen molar-refractivity contribution in [3.63, 3.8) is 0 Å². The maximum absolute atomic E-state index is 13.5. The first-order valence-corrected chi connectivity index (χ1v) is 12.1. The summed E-state index contributed by atoms with van der Waals surface area (Å²) in [5.74, 6) is -0.663. The lowest BCUT2D eigenvalue weighted by Gasteiger charge is -2.42. The number of carbonyl (C=O) groups excluding carboxylic acids is 2. The summed E-state index contributed by atoms with van der Waals surface area (Å²) in [7, 11) is 0. The summed E-state index contributed by atoms with van der Waals surface area (Å²) < 4.78 is 79.4. The van der Waals surface area contributed by atoms with E-state index in [0.717, 1.165) is 35.2 Å². The monoisotopic (exact) mass is 571 g/mol. The topological polar surface area (TPSA) is 88.5 Å². The molecule has 2 aliphatic heterocycles. The second-order valence-corrected chi connectivity index (χ2v) is 9.35. The zero-order valence-corrected chi connectivity index (χ0v) is 20.8. The average Bonchev–Trinajstić information content (AvgIpc) is 2.92. The quantitative estimate of drug-likeness (QED) is 0.396. The van der Waals surface area contributed by atoms with Gasteiger partial charge in [0.15, 0.2) is 0 Å². The molecular weight excluding hydrogens is 552 g/mol. The minimum absolute atomic E-state index is 0.0553. The number of halogens is 6. The van der Waals surface area contributed by atoms with E-state index in [1.165, 1.54) is 35.3 Å². The van der Waals surface area contributed by atoms with Crippen LogP contribution in [0.5, 0.6) is 0 Å². The number of nitrogens with one attached hydrogen (secondary N) is 2. The van der Waals surface area contributed by atoms with Gasteiger partial charge in [-0.2, -0.15) is 31.6 Å². The van der Waals surface area contributed by atoms with Gasteiger partial charge in [-0.15, -0.1) is 0 Å². The van der Waals surface area contributed by atoms with Crippen LogP contribution in [0.3, 0.4) is 0 Å². The summed E-state index contributed by atoms with van der Waals surface area (Å²) in [6.07, 6.45) is -9.22. The van der Waals surface area contributed by atoms with Crippen LogP contribution in [-0.4, -0.2) is 23.5 Å². The first kappa shape index (κ1) is 27.7. The van der Waals surface area contributed by atoms with Crippen LogP contribution in [-0.2, 0) is 23.7 Å². The zero-order chi connectivity index (χ0) is 29.5. The van der Waals surface area contributed by atoms with Crippen LogP contribution in [0.4, 0.5) is 36.8 Å². The number of rotatable bonds is 4. The number of nitrogens with zero attached hydrogens (tertiary/aromatic N) is 3. The fraction of sp³-hybridized carbons (Fsp3) is 0.179. The number of amides is 3. The molecule has 7 nitrogen and oxygen atoms in total. The molecular formula is C28H19F6N5O2. The molecule has 41 heavy (non-hydrogen) atoms. The van der Waals surface area contributed by atoms with Crippen LogP contribution >= 0.6 is 0 Å². The highest BCUT2D eigenvalue weighted by atomic mass is 19.4. The first-order chi connectivity index (χ1) is 19.3. The van der Waals surface area contributed by atoms with Crippen LogP contribution in [0, 0.1) is 11.3 Å². The SMILES string of the molecule is N#Cc1ccc([C@H]2NC(=O)N(c3cccc(C(F)(F)F)c3)C3=C2C(=O)NN(Cc2ccc(C(F)(F)F)cc2)C3)cc1. The fourth-order valence-corrected chi connectivity index (χ4v) is 4.72. The second-order valence-electron chi connectivity index (χ2n) is 9.35. The number of alkyl halides is 6. The van der Waals surface area contributed by atoms with Crippen molar-refractivity contribution in [2.75, 3.05) is 11.4 Å². The Hall–Kier alpha value is -4.83. The highest BCUT2D eigenvalue weighted by Crippen LogP contribution is 2.38. The number of urea groups is 1.